The average Bonchev–Trinajstić information content (AvgIpc) is 3.11. The Labute approximate surface area is 148 Å². The van der Waals surface area contributed by atoms with Crippen molar-refractivity contribution in [1.82, 2.24) is 10.6 Å². The minimum absolute atomic E-state index is 0.0411. The molecule has 0 spiro atoms. The number of amides is 2. The summed E-state index contributed by atoms with van der Waals surface area (Å²) in [7, 11) is 0. The first kappa shape index (κ1) is 17.5. The second kappa shape index (κ2) is 7.73. The highest BCUT2D eigenvalue weighted by Crippen LogP contribution is 2.33. The Hall–Kier alpha value is -2.29. The fourth-order valence-electron chi connectivity index (χ4n) is 3.08. The summed E-state index contributed by atoms with van der Waals surface area (Å²) in [5.41, 5.74) is -0.0411. The van der Waals surface area contributed by atoms with Crippen molar-refractivity contribution in [2.45, 2.75) is 43.0 Å². The predicted octanol–water partition coefficient (Wildman–Crippen LogP) is 2.23. The Morgan fingerprint density at radius 2 is 2.04 bits per heavy atom. The Kier molecular flexibility index (Phi) is 5.42. The first-order valence-electron chi connectivity index (χ1n) is 8.17. The van der Waals surface area contributed by atoms with Gasteiger partial charge in [-0.3, -0.25) is 14.9 Å². The van der Waals surface area contributed by atoms with Gasteiger partial charge in [0.2, 0.25) is 0 Å². The molecule has 0 aromatic heterocycles. The number of nitrogens with one attached hydrogen (secondary N) is 2. The maximum atomic E-state index is 11.8. The lowest BCUT2D eigenvalue weighted by molar-refractivity contribution is -0.384. The van der Waals surface area contributed by atoms with Crippen LogP contribution in [0.2, 0.25) is 0 Å². The molecule has 2 aliphatic rings. The van der Waals surface area contributed by atoms with Crippen molar-refractivity contribution in [3.8, 4) is 5.75 Å². The van der Waals surface area contributed by atoms with Crippen LogP contribution >= 0.6 is 11.8 Å². The molecule has 0 unspecified atom stereocenters. The number of thioether (sulfide) groups is 1. The van der Waals surface area contributed by atoms with Gasteiger partial charge in [0.1, 0.15) is 5.75 Å². The highest BCUT2D eigenvalue weighted by molar-refractivity contribution is 8.00. The van der Waals surface area contributed by atoms with Crippen molar-refractivity contribution in [2.75, 3.05) is 5.75 Å². The summed E-state index contributed by atoms with van der Waals surface area (Å²) < 4.78 is 5.17. The van der Waals surface area contributed by atoms with E-state index in [4.69, 9.17) is 4.74 Å². The van der Waals surface area contributed by atoms with Crippen LogP contribution in [0.1, 0.15) is 25.7 Å². The third-order valence-electron chi connectivity index (χ3n) is 4.34. The van der Waals surface area contributed by atoms with Gasteiger partial charge in [-0.25, -0.2) is 4.79 Å². The molecule has 3 atom stereocenters. The molecule has 0 saturated carbocycles. The third-order valence-corrected chi connectivity index (χ3v) is 5.85. The first-order valence-corrected chi connectivity index (χ1v) is 9.21. The van der Waals surface area contributed by atoms with Crippen molar-refractivity contribution in [3.05, 3.63) is 34.4 Å². The van der Waals surface area contributed by atoms with E-state index in [1.807, 2.05) is 11.8 Å². The second-order valence-electron chi connectivity index (χ2n) is 6.09. The molecule has 1 aromatic carbocycles. The average molecular weight is 365 g/mol. The smallest absolute Gasteiger partial charge is 0.315 e. The number of carbonyl (C=O) groups excluding carboxylic acids is 2. The Morgan fingerprint density at radius 3 is 2.76 bits per heavy atom. The van der Waals surface area contributed by atoms with E-state index in [0.29, 0.717) is 23.8 Å². The van der Waals surface area contributed by atoms with Crippen LogP contribution in [-0.2, 0) is 4.79 Å². The van der Waals surface area contributed by atoms with Crippen LogP contribution in [0.25, 0.3) is 0 Å². The van der Waals surface area contributed by atoms with Crippen LogP contribution in [0.15, 0.2) is 24.3 Å². The van der Waals surface area contributed by atoms with Gasteiger partial charge in [-0.15, -0.1) is 0 Å². The van der Waals surface area contributed by atoms with Gasteiger partial charge in [0.05, 0.1) is 17.0 Å². The summed E-state index contributed by atoms with van der Waals surface area (Å²) in [4.78, 5) is 33.2. The number of hydrogen-bond acceptors (Lipinski definition) is 6. The predicted molar refractivity (Wildman–Crippen MR) is 92.7 cm³/mol. The molecule has 0 bridgehead atoms. The highest BCUT2D eigenvalue weighted by atomic mass is 32.2. The van der Waals surface area contributed by atoms with Gasteiger partial charge >= 0.3 is 12.0 Å². The molecule has 2 fully saturated rings. The zero-order valence-corrected chi connectivity index (χ0v) is 14.3. The van der Waals surface area contributed by atoms with Gasteiger partial charge in [0.25, 0.3) is 5.69 Å². The quantitative estimate of drug-likeness (QED) is 0.191. The molecule has 0 aliphatic carbocycles. The summed E-state index contributed by atoms with van der Waals surface area (Å²) in [6.45, 7) is 0. The molecule has 2 N–H and O–H groups in total. The Morgan fingerprint density at radius 1 is 1.28 bits per heavy atom. The highest BCUT2D eigenvalue weighted by Gasteiger charge is 2.42. The minimum atomic E-state index is -0.501. The fourth-order valence-corrected chi connectivity index (χ4v) is 4.62. The van der Waals surface area contributed by atoms with Crippen molar-refractivity contribution >= 4 is 29.4 Å². The molecular formula is C16H19N3O5S. The number of ether oxygens (including phenoxy) is 1. The largest absolute Gasteiger partial charge is 0.427 e. The molecule has 2 aliphatic heterocycles. The number of urea groups is 1. The number of hydrogen-bond donors (Lipinski definition) is 2. The lowest BCUT2D eigenvalue weighted by atomic mass is 10.0. The number of nitro benzene ring substituents is 1. The summed E-state index contributed by atoms with van der Waals surface area (Å²) in [6, 6.07) is 5.76. The Balaban J connectivity index is 1.35. The molecule has 3 rings (SSSR count). The van der Waals surface area contributed by atoms with Crippen LogP contribution in [0.3, 0.4) is 0 Å². The summed E-state index contributed by atoms with van der Waals surface area (Å²) >= 11 is 1.85. The molecule has 8 nitrogen and oxygen atoms in total. The number of non-ortho nitro benzene ring substituents is 1. The molecule has 2 saturated heterocycles. The maximum Gasteiger partial charge on any atom is 0.315 e. The summed E-state index contributed by atoms with van der Waals surface area (Å²) in [6.07, 6.45) is 2.83. The number of nitrogens with zero attached hydrogens (tertiary/aromatic N) is 1. The molecule has 1 aromatic rings. The monoisotopic (exact) mass is 365 g/mol. The second-order valence-corrected chi connectivity index (χ2v) is 7.36. The van der Waals surface area contributed by atoms with Crippen molar-refractivity contribution in [1.29, 1.82) is 0 Å². The molecular weight excluding hydrogens is 346 g/mol. The number of esters is 1. The normalized spacial score (nSPS) is 24.3. The van der Waals surface area contributed by atoms with Crippen LogP contribution in [-0.4, -0.2) is 40.0 Å². The van der Waals surface area contributed by atoms with Crippen molar-refractivity contribution in [3.63, 3.8) is 0 Å². The van der Waals surface area contributed by atoms with E-state index < -0.39 is 4.92 Å². The van der Waals surface area contributed by atoms with E-state index in [-0.39, 0.29) is 29.8 Å². The minimum Gasteiger partial charge on any atom is -0.427 e. The molecule has 25 heavy (non-hydrogen) atoms. The van der Waals surface area contributed by atoms with Gasteiger partial charge in [0.15, 0.2) is 0 Å². The van der Waals surface area contributed by atoms with Gasteiger partial charge in [-0.1, -0.05) is 6.42 Å². The fraction of sp³-hybridized carbons (Fsp3) is 0.500. The van der Waals surface area contributed by atoms with Gasteiger partial charge < -0.3 is 15.4 Å². The van der Waals surface area contributed by atoms with E-state index >= 15 is 0 Å². The first-order chi connectivity index (χ1) is 12.0. The van der Waals surface area contributed by atoms with E-state index in [2.05, 4.69) is 10.6 Å². The number of nitro groups is 1. The maximum absolute atomic E-state index is 11.8. The molecule has 2 heterocycles. The Bertz CT molecular complexity index is 666. The SMILES string of the molecule is O=C1N[C@H]2[C@H](CCCCC(=O)Oc3ccc([N+](=O)[O-])cc3)SC[C@H]2N1. The number of unbranched alkanes of at least 4 members (excludes halogenated alkanes) is 1. The molecule has 2 amide bonds. The summed E-state index contributed by atoms with van der Waals surface area (Å²) in [5.74, 6) is 0.891. The number of benzene rings is 1. The number of carbonyl (C=O) groups is 2. The van der Waals surface area contributed by atoms with Gasteiger partial charge in [-0.2, -0.15) is 11.8 Å². The zero-order valence-electron chi connectivity index (χ0n) is 13.5. The molecule has 9 heteroatoms. The van der Waals surface area contributed by atoms with Crippen LogP contribution < -0.4 is 15.4 Å². The van der Waals surface area contributed by atoms with E-state index in [1.54, 1.807) is 0 Å². The van der Waals surface area contributed by atoms with E-state index in [9.17, 15) is 19.7 Å². The lowest BCUT2D eigenvalue weighted by Crippen LogP contribution is -2.36. The van der Waals surface area contributed by atoms with E-state index in [0.717, 1.165) is 18.6 Å². The number of fused-ring (bicyclic) bond motifs is 1. The third kappa shape index (κ3) is 4.41. The zero-order chi connectivity index (χ0) is 17.8. The molecule has 134 valence electrons. The van der Waals surface area contributed by atoms with Crippen molar-refractivity contribution < 1.29 is 19.2 Å². The lowest BCUT2D eigenvalue weighted by Gasteiger charge is -2.16. The van der Waals surface area contributed by atoms with Gasteiger partial charge in [-0.05, 0) is 25.0 Å². The van der Waals surface area contributed by atoms with Crippen molar-refractivity contribution in [2.24, 2.45) is 0 Å². The standard InChI is InChI=1S/C16H19N3O5S/c20-14(24-11-7-5-10(6-8-11)19(22)23)4-2-1-3-13-15-12(9-25-13)17-16(21)18-15/h5-8,12-13,15H,1-4,9H2,(H2,17,18,21)/t12-,13+,15-/m1/s1. The van der Waals surface area contributed by atoms with Crippen LogP contribution in [0.5, 0.6) is 5.75 Å². The van der Waals surface area contributed by atoms with Crippen LogP contribution in [0.4, 0.5) is 10.5 Å². The summed E-state index contributed by atoms with van der Waals surface area (Å²) in [5, 5.41) is 16.8. The van der Waals surface area contributed by atoms with Gasteiger partial charge in [0, 0.05) is 29.6 Å². The van der Waals surface area contributed by atoms with E-state index in [1.165, 1.54) is 24.3 Å². The number of rotatable bonds is 7. The topological polar surface area (TPSA) is 111 Å². The van der Waals surface area contributed by atoms with Crippen LogP contribution in [0, 0.1) is 10.1 Å². The molecule has 0 radical (unpaired) electrons.